The normalized spacial score (nSPS) is 16.2. The van der Waals surface area contributed by atoms with E-state index in [9.17, 15) is 4.79 Å². The van der Waals surface area contributed by atoms with Gasteiger partial charge in [-0.2, -0.15) is 0 Å². The predicted molar refractivity (Wildman–Crippen MR) is 83.1 cm³/mol. The number of rotatable bonds is 5. The third kappa shape index (κ3) is 3.38. The molecular weight excluding hydrogens is 262 g/mol. The number of allylic oxidation sites excluding steroid dienone is 2. The van der Waals surface area contributed by atoms with Crippen molar-refractivity contribution in [3.8, 4) is 0 Å². The van der Waals surface area contributed by atoms with Crippen LogP contribution in [0.1, 0.15) is 43.9 Å². The van der Waals surface area contributed by atoms with Gasteiger partial charge in [0.2, 0.25) is 0 Å². The molecule has 21 heavy (non-hydrogen) atoms. The molecule has 2 aromatic heterocycles. The van der Waals surface area contributed by atoms with Crippen molar-refractivity contribution in [2.45, 2.75) is 45.4 Å². The van der Waals surface area contributed by atoms with Crippen LogP contribution >= 0.6 is 0 Å². The molecule has 0 spiro atoms. The van der Waals surface area contributed by atoms with E-state index in [4.69, 9.17) is 4.98 Å². The Labute approximate surface area is 124 Å². The Morgan fingerprint density at radius 1 is 1.43 bits per heavy atom. The molecule has 0 aromatic carbocycles. The number of hydrogen-bond acceptors (Lipinski definition) is 3. The van der Waals surface area contributed by atoms with Gasteiger partial charge in [-0.25, -0.2) is 9.97 Å². The van der Waals surface area contributed by atoms with Gasteiger partial charge in [0.15, 0.2) is 11.4 Å². The number of carbonyl (C=O) groups is 1. The highest BCUT2D eigenvalue weighted by Gasteiger charge is 2.17. The molecule has 3 rings (SSSR count). The van der Waals surface area contributed by atoms with Crippen molar-refractivity contribution in [2.24, 2.45) is 5.92 Å². The monoisotopic (exact) mass is 283 g/mol. The number of H-pyrrole nitrogens is 1. The van der Waals surface area contributed by atoms with E-state index in [0.29, 0.717) is 6.42 Å². The van der Waals surface area contributed by atoms with Crippen LogP contribution in [0.4, 0.5) is 0 Å². The molecule has 1 aliphatic rings. The first-order valence-electron chi connectivity index (χ1n) is 7.71. The number of ketones is 1. The molecule has 0 atom stereocenters. The Kier molecular flexibility index (Phi) is 4.13. The summed E-state index contributed by atoms with van der Waals surface area (Å²) in [7, 11) is 0. The summed E-state index contributed by atoms with van der Waals surface area (Å²) in [5, 5.41) is 0. The maximum absolute atomic E-state index is 11.0. The minimum absolute atomic E-state index is 0.0721. The third-order valence-electron chi connectivity index (χ3n) is 4.17. The van der Waals surface area contributed by atoms with Crippen LogP contribution in [0.5, 0.6) is 0 Å². The number of fused-ring (bicyclic) bond motifs is 1. The summed E-state index contributed by atoms with van der Waals surface area (Å²) in [4.78, 5) is 23.4. The number of carbonyl (C=O) groups excluding carboxylic acids is 1. The van der Waals surface area contributed by atoms with E-state index in [1.165, 1.54) is 25.7 Å². The number of hydrogen-bond donors (Lipinski definition) is 1. The van der Waals surface area contributed by atoms with Crippen molar-refractivity contribution in [2.75, 3.05) is 0 Å². The lowest BCUT2D eigenvalue weighted by Gasteiger charge is -2.07. The van der Waals surface area contributed by atoms with Crippen molar-refractivity contribution in [3.63, 3.8) is 0 Å². The second kappa shape index (κ2) is 6.20. The van der Waals surface area contributed by atoms with Gasteiger partial charge in [0.1, 0.15) is 5.52 Å². The van der Waals surface area contributed by atoms with E-state index in [2.05, 4.69) is 9.97 Å². The van der Waals surface area contributed by atoms with Crippen molar-refractivity contribution >= 4 is 16.9 Å². The molecule has 1 fully saturated rings. The average Bonchev–Trinajstić information content (AvgIpc) is 3.09. The fourth-order valence-electron chi connectivity index (χ4n) is 3.10. The Morgan fingerprint density at radius 2 is 2.24 bits per heavy atom. The minimum atomic E-state index is 0.0721. The van der Waals surface area contributed by atoms with Gasteiger partial charge in [-0.05, 0) is 31.8 Å². The van der Waals surface area contributed by atoms with Gasteiger partial charge < -0.3 is 4.98 Å². The van der Waals surface area contributed by atoms with Gasteiger partial charge in [0, 0.05) is 11.8 Å². The first-order chi connectivity index (χ1) is 10.2. The molecule has 110 valence electrons. The summed E-state index contributed by atoms with van der Waals surface area (Å²) in [6, 6.07) is 0. The lowest BCUT2D eigenvalue weighted by Crippen LogP contribution is -2.02. The Morgan fingerprint density at radius 3 is 3.00 bits per heavy atom. The van der Waals surface area contributed by atoms with Crippen molar-refractivity contribution in [3.05, 3.63) is 35.8 Å². The molecule has 4 nitrogen and oxygen atoms in total. The van der Waals surface area contributed by atoms with Crippen LogP contribution in [-0.4, -0.2) is 20.7 Å². The van der Waals surface area contributed by atoms with Gasteiger partial charge in [-0.15, -0.1) is 0 Å². The molecule has 2 heterocycles. The highest BCUT2D eigenvalue weighted by atomic mass is 16.1. The Bertz CT molecular complexity index is 666. The molecule has 1 N–H and O–H groups in total. The second-order valence-corrected chi connectivity index (χ2v) is 5.94. The zero-order valence-corrected chi connectivity index (χ0v) is 12.4. The van der Waals surface area contributed by atoms with Crippen LogP contribution in [-0.2, 0) is 17.6 Å². The highest BCUT2D eigenvalue weighted by molar-refractivity contribution is 5.87. The number of nitrogens with zero attached hydrogens (tertiary/aromatic N) is 2. The predicted octanol–water partition coefficient (Wildman–Crippen LogP) is 3.38. The van der Waals surface area contributed by atoms with E-state index in [1.807, 2.05) is 18.5 Å². The Hall–Kier alpha value is -1.97. The summed E-state index contributed by atoms with van der Waals surface area (Å²) >= 11 is 0. The van der Waals surface area contributed by atoms with Crippen LogP contribution in [0.3, 0.4) is 0 Å². The van der Waals surface area contributed by atoms with E-state index in [1.54, 1.807) is 13.0 Å². The maximum Gasteiger partial charge on any atom is 0.156 e. The molecule has 1 saturated carbocycles. The molecule has 0 bridgehead atoms. The zero-order chi connectivity index (χ0) is 14.7. The Balaban J connectivity index is 1.79. The van der Waals surface area contributed by atoms with Crippen LogP contribution in [0, 0.1) is 5.92 Å². The van der Waals surface area contributed by atoms with Gasteiger partial charge >= 0.3 is 0 Å². The molecule has 0 radical (unpaired) electrons. The van der Waals surface area contributed by atoms with Crippen molar-refractivity contribution in [1.82, 2.24) is 15.0 Å². The van der Waals surface area contributed by atoms with E-state index < -0.39 is 0 Å². The molecule has 0 amide bonds. The third-order valence-corrected chi connectivity index (χ3v) is 4.17. The summed E-state index contributed by atoms with van der Waals surface area (Å²) < 4.78 is 0. The molecule has 2 aromatic rings. The van der Waals surface area contributed by atoms with Crippen LogP contribution in [0.2, 0.25) is 0 Å². The summed E-state index contributed by atoms with van der Waals surface area (Å²) in [6.07, 6.45) is 14.4. The minimum Gasteiger partial charge on any atom is -0.345 e. The summed E-state index contributed by atoms with van der Waals surface area (Å²) in [5.41, 5.74) is 3.96. The van der Waals surface area contributed by atoms with Crippen LogP contribution in [0.15, 0.2) is 24.5 Å². The topological polar surface area (TPSA) is 58.6 Å². The van der Waals surface area contributed by atoms with Crippen molar-refractivity contribution < 1.29 is 4.79 Å². The maximum atomic E-state index is 11.0. The van der Waals surface area contributed by atoms with Gasteiger partial charge in [-0.3, -0.25) is 4.79 Å². The van der Waals surface area contributed by atoms with Gasteiger partial charge in [0.25, 0.3) is 0 Å². The van der Waals surface area contributed by atoms with E-state index in [-0.39, 0.29) is 5.78 Å². The van der Waals surface area contributed by atoms with Gasteiger partial charge in [0.05, 0.1) is 11.9 Å². The average molecular weight is 283 g/mol. The standard InChI is InChI=1S/C17H21N3O/c1-12(21)5-4-8-14-10-18-17-16(14)20-15(11-19-17)9-13-6-2-3-7-13/h4-5,10-11,13H,2-3,6-9H2,1H3,(H,18,19)/b5-4+. The van der Waals surface area contributed by atoms with Crippen LogP contribution < -0.4 is 0 Å². The number of nitrogens with one attached hydrogen (secondary N) is 1. The lowest BCUT2D eigenvalue weighted by molar-refractivity contribution is -0.112. The molecular formula is C17H21N3O. The largest absolute Gasteiger partial charge is 0.345 e. The summed E-state index contributed by atoms with van der Waals surface area (Å²) in [6.45, 7) is 1.56. The number of aromatic amines is 1. The molecule has 1 aliphatic carbocycles. The first-order valence-corrected chi connectivity index (χ1v) is 7.71. The van der Waals surface area contributed by atoms with E-state index in [0.717, 1.165) is 34.8 Å². The zero-order valence-electron chi connectivity index (χ0n) is 12.4. The van der Waals surface area contributed by atoms with Crippen LogP contribution in [0.25, 0.3) is 11.2 Å². The van der Waals surface area contributed by atoms with Gasteiger partial charge in [-0.1, -0.05) is 31.8 Å². The first kappa shape index (κ1) is 14.0. The smallest absolute Gasteiger partial charge is 0.156 e. The quantitative estimate of drug-likeness (QED) is 0.856. The number of aromatic nitrogens is 3. The molecule has 0 aliphatic heterocycles. The lowest BCUT2D eigenvalue weighted by atomic mass is 10.0. The summed E-state index contributed by atoms with van der Waals surface area (Å²) in [5.74, 6) is 0.847. The fourth-order valence-corrected chi connectivity index (χ4v) is 3.10. The second-order valence-electron chi connectivity index (χ2n) is 5.94. The molecule has 4 heteroatoms. The SMILES string of the molecule is CC(=O)/C=C/Cc1c[nH]c2ncc(CC3CCCC3)nc12. The molecule has 0 saturated heterocycles. The van der Waals surface area contributed by atoms with E-state index >= 15 is 0 Å². The highest BCUT2D eigenvalue weighted by Crippen LogP contribution is 2.27. The van der Waals surface area contributed by atoms with Crippen molar-refractivity contribution in [1.29, 1.82) is 0 Å². The fraction of sp³-hybridized carbons (Fsp3) is 0.471. The molecule has 0 unspecified atom stereocenters.